The summed E-state index contributed by atoms with van der Waals surface area (Å²) in [5, 5.41) is 17.1. The smallest absolute Gasteiger partial charge is 0.351 e. The van der Waals surface area contributed by atoms with E-state index in [1.807, 2.05) is 25.2 Å². The predicted octanol–water partition coefficient (Wildman–Crippen LogP) is 2.80. The van der Waals surface area contributed by atoms with Gasteiger partial charge in [0, 0.05) is 18.0 Å². The highest BCUT2D eigenvalue weighted by Gasteiger charge is 2.49. The summed E-state index contributed by atoms with van der Waals surface area (Å²) in [5.41, 5.74) is -1.49. The maximum Gasteiger partial charge on any atom is 0.471 e. The number of amides is 4. The molecule has 1 saturated carbocycles. The van der Waals surface area contributed by atoms with Crippen molar-refractivity contribution in [1.82, 2.24) is 20.9 Å². The molecular formula is C27H40F3N5O4. The normalized spacial score (nSPS) is 27.0. The van der Waals surface area contributed by atoms with Crippen molar-refractivity contribution in [3.8, 4) is 6.07 Å². The third-order valence-electron chi connectivity index (χ3n) is 8.21. The van der Waals surface area contributed by atoms with Gasteiger partial charge in [-0.2, -0.15) is 18.4 Å². The van der Waals surface area contributed by atoms with E-state index in [4.69, 9.17) is 0 Å². The Hall–Kier alpha value is -2.84. The zero-order chi connectivity index (χ0) is 29.3. The Balaban J connectivity index is 1.81. The summed E-state index contributed by atoms with van der Waals surface area (Å²) in [6, 6.07) is -1.46. The van der Waals surface area contributed by atoms with E-state index in [2.05, 4.69) is 10.6 Å². The molecule has 0 aromatic carbocycles. The molecule has 12 heteroatoms. The fourth-order valence-corrected chi connectivity index (χ4v) is 6.24. The molecule has 0 aromatic rings. The number of likely N-dealkylation sites (tertiary alicyclic amines) is 1. The van der Waals surface area contributed by atoms with Gasteiger partial charge in [0.2, 0.25) is 17.7 Å². The first-order valence-corrected chi connectivity index (χ1v) is 13.6. The second kappa shape index (κ2) is 11.3. The first-order valence-electron chi connectivity index (χ1n) is 13.6. The maximum atomic E-state index is 13.7. The maximum absolute atomic E-state index is 13.7. The number of alkyl halides is 3. The van der Waals surface area contributed by atoms with Gasteiger partial charge in [-0.1, -0.05) is 46.5 Å². The van der Waals surface area contributed by atoms with Crippen molar-refractivity contribution in [1.29, 1.82) is 5.26 Å². The lowest BCUT2D eigenvalue weighted by Gasteiger charge is -2.35. The monoisotopic (exact) mass is 555 g/mol. The van der Waals surface area contributed by atoms with E-state index >= 15 is 0 Å². The summed E-state index contributed by atoms with van der Waals surface area (Å²) in [5.74, 6) is -3.94. The molecule has 1 aliphatic carbocycles. The molecule has 0 bridgehead atoms. The van der Waals surface area contributed by atoms with Crippen LogP contribution in [-0.4, -0.2) is 64.9 Å². The van der Waals surface area contributed by atoms with Crippen LogP contribution in [0.1, 0.15) is 79.6 Å². The van der Waals surface area contributed by atoms with Crippen LogP contribution in [0, 0.1) is 34.5 Å². The van der Waals surface area contributed by atoms with E-state index in [9.17, 15) is 37.6 Å². The lowest BCUT2D eigenvalue weighted by Crippen LogP contribution is -2.59. The molecule has 218 valence electrons. The minimum Gasteiger partial charge on any atom is -0.351 e. The number of carbonyl (C=O) groups is 4. The number of nitrogens with zero attached hydrogens (tertiary/aromatic N) is 2. The molecular weight excluding hydrogens is 515 g/mol. The van der Waals surface area contributed by atoms with Crippen molar-refractivity contribution >= 4 is 23.6 Å². The fraction of sp³-hybridized carbons (Fsp3) is 0.815. The lowest BCUT2D eigenvalue weighted by molar-refractivity contribution is -0.176. The highest BCUT2D eigenvalue weighted by atomic mass is 19.4. The van der Waals surface area contributed by atoms with Crippen molar-refractivity contribution in [2.45, 2.75) is 109 Å². The molecule has 3 N–H and O–H groups in total. The van der Waals surface area contributed by atoms with Crippen molar-refractivity contribution in [2.75, 3.05) is 6.54 Å². The van der Waals surface area contributed by atoms with E-state index in [0.717, 1.165) is 25.7 Å². The van der Waals surface area contributed by atoms with Crippen molar-refractivity contribution in [3.63, 3.8) is 0 Å². The van der Waals surface area contributed by atoms with Crippen LogP contribution in [0.3, 0.4) is 0 Å². The molecule has 5 atom stereocenters. The van der Waals surface area contributed by atoms with Gasteiger partial charge in [0.1, 0.15) is 18.1 Å². The number of carbonyl (C=O) groups excluding carboxylic acids is 4. The number of hydrogen-bond donors (Lipinski definition) is 3. The number of hydrogen-bond acceptors (Lipinski definition) is 5. The number of rotatable bonds is 7. The summed E-state index contributed by atoms with van der Waals surface area (Å²) >= 11 is 0. The minimum atomic E-state index is -5.17. The van der Waals surface area contributed by atoms with E-state index in [1.54, 1.807) is 20.8 Å². The molecule has 0 radical (unpaired) electrons. The van der Waals surface area contributed by atoms with Crippen LogP contribution < -0.4 is 16.0 Å². The topological polar surface area (TPSA) is 131 Å². The Bertz CT molecular complexity index is 1010. The zero-order valence-electron chi connectivity index (χ0n) is 23.3. The van der Waals surface area contributed by atoms with Gasteiger partial charge in [0.15, 0.2) is 0 Å². The molecule has 0 spiro atoms. The SMILES string of the molecule is CC1(C)C[C@@H](C[C@@H](C#N)NC(=O)C2C[C@@H](C3CCCC3)CN2C(=O)[C@@H](NC(=O)C(F)(F)F)C(C)(C)C)C(=O)N1. The van der Waals surface area contributed by atoms with Crippen LogP contribution >= 0.6 is 0 Å². The van der Waals surface area contributed by atoms with E-state index in [-0.39, 0.29) is 30.7 Å². The summed E-state index contributed by atoms with van der Waals surface area (Å²) < 4.78 is 39.2. The number of nitrogens with one attached hydrogen (secondary N) is 3. The van der Waals surface area contributed by atoms with Crippen molar-refractivity contribution < 1.29 is 32.3 Å². The van der Waals surface area contributed by atoms with Crippen LogP contribution in [0.2, 0.25) is 0 Å². The molecule has 4 amide bonds. The van der Waals surface area contributed by atoms with Crippen LogP contribution in [0.15, 0.2) is 0 Å². The van der Waals surface area contributed by atoms with Gasteiger partial charge >= 0.3 is 12.1 Å². The lowest BCUT2D eigenvalue weighted by atomic mass is 9.85. The van der Waals surface area contributed by atoms with E-state index in [0.29, 0.717) is 12.8 Å². The quantitative estimate of drug-likeness (QED) is 0.445. The van der Waals surface area contributed by atoms with Gasteiger partial charge in [0.05, 0.1) is 6.07 Å². The summed E-state index contributed by atoms with van der Waals surface area (Å²) in [6.07, 6.45) is -0.270. The van der Waals surface area contributed by atoms with E-state index in [1.165, 1.54) is 4.90 Å². The van der Waals surface area contributed by atoms with Gasteiger partial charge in [-0.25, -0.2) is 0 Å². The number of nitriles is 1. The Morgan fingerprint density at radius 1 is 1.13 bits per heavy atom. The predicted molar refractivity (Wildman–Crippen MR) is 135 cm³/mol. The minimum absolute atomic E-state index is 0.0203. The standard InChI is InChI=1S/C27H40F3N5O4/c1-25(2,3)20(33-24(39)27(28,29)30)23(38)35-14-17(15-8-6-7-9-15)11-19(35)22(37)32-18(13-31)10-16-12-26(4,5)34-21(16)36/h15-20H,6-12,14H2,1-5H3,(H,32,37)(H,33,39)(H,34,36)/t16-,17-,18+,19?,20-/m1/s1. The molecule has 1 unspecified atom stereocenters. The van der Waals surface area contributed by atoms with Crippen molar-refractivity contribution in [3.05, 3.63) is 0 Å². The first kappa shape index (κ1) is 30.7. The number of halogens is 3. The van der Waals surface area contributed by atoms with Gasteiger partial charge in [-0.3, -0.25) is 19.2 Å². The molecule has 9 nitrogen and oxygen atoms in total. The Morgan fingerprint density at radius 3 is 2.23 bits per heavy atom. The molecule has 2 heterocycles. The molecule has 2 aliphatic heterocycles. The summed E-state index contributed by atoms with van der Waals surface area (Å²) in [6.45, 7) is 8.58. The van der Waals surface area contributed by atoms with Crippen LogP contribution in [-0.2, 0) is 19.2 Å². The van der Waals surface area contributed by atoms with Gasteiger partial charge in [-0.15, -0.1) is 0 Å². The second-order valence-corrected chi connectivity index (χ2v) is 13.0. The van der Waals surface area contributed by atoms with Crippen LogP contribution in [0.4, 0.5) is 13.2 Å². The molecule has 39 heavy (non-hydrogen) atoms. The molecule has 0 aromatic heterocycles. The van der Waals surface area contributed by atoms with Gasteiger partial charge in [0.25, 0.3) is 0 Å². The zero-order valence-corrected chi connectivity index (χ0v) is 23.3. The highest BCUT2D eigenvalue weighted by molar-refractivity contribution is 5.94. The molecule has 3 aliphatic rings. The third-order valence-corrected chi connectivity index (χ3v) is 8.21. The molecule has 3 rings (SSSR count). The van der Waals surface area contributed by atoms with Gasteiger partial charge in [-0.05, 0) is 50.4 Å². The van der Waals surface area contributed by atoms with Crippen LogP contribution in [0.25, 0.3) is 0 Å². The summed E-state index contributed by atoms with van der Waals surface area (Å²) in [4.78, 5) is 52.6. The Morgan fingerprint density at radius 2 is 1.74 bits per heavy atom. The largest absolute Gasteiger partial charge is 0.471 e. The molecule has 2 saturated heterocycles. The highest BCUT2D eigenvalue weighted by Crippen LogP contribution is 2.39. The van der Waals surface area contributed by atoms with E-state index < -0.39 is 58.9 Å². The second-order valence-electron chi connectivity index (χ2n) is 13.0. The Labute approximate surface area is 227 Å². The van der Waals surface area contributed by atoms with Gasteiger partial charge < -0.3 is 20.9 Å². The average molecular weight is 556 g/mol. The van der Waals surface area contributed by atoms with Crippen molar-refractivity contribution in [2.24, 2.45) is 23.2 Å². The fourth-order valence-electron chi connectivity index (χ4n) is 6.24. The van der Waals surface area contributed by atoms with Crippen LogP contribution in [0.5, 0.6) is 0 Å². The first-order chi connectivity index (χ1) is 17.9. The summed E-state index contributed by atoms with van der Waals surface area (Å²) in [7, 11) is 0. The third kappa shape index (κ3) is 7.42. The Kier molecular flexibility index (Phi) is 8.92. The average Bonchev–Trinajstić information content (AvgIpc) is 3.53. The molecule has 3 fully saturated rings.